The molecule has 0 aliphatic rings. The van der Waals surface area contributed by atoms with Crippen LogP contribution in [0.25, 0.3) is 0 Å². The Morgan fingerprint density at radius 2 is 2.21 bits per heavy atom. The number of aromatic nitrogens is 3. The summed E-state index contributed by atoms with van der Waals surface area (Å²) in [7, 11) is 0. The number of pyridine rings is 1. The minimum Gasteiger partial charge on any atom is -0.386 e. The highest BCUT2D eigenvalue weighted by molar-refractivity contribution is 9.10. The molecule has 0 spiro atoms. The number of aliphatic hydroxyl groups is 1. The Labute approximate surface area is 119 Å². The van der Waals surface area contributed by atoms with Crippen molar-refractivity contribution in [3.63, 3.8) is 0 Å². The third kappa shape index (κ3) is 3.01. The Kier molecular flexibility index (Phi) is 4.31. The summed E-state index contributed by atoms with van der Waals surface area (Å²) in [5, 5.41) is 14.5. The van der Waals surface area contributed by atoms with Gasteiger partial charge in [0.05, 0.1) is 27.8 Å². The van der Waals surface area contributed by atoms with Crippen LogP contribution in [0.15, 0.2) is 22.8 Å². The molecule has 0 aliphatic carbocycles. The lowest BCUT2D eigenvalue weighted by atomic mass is 10.1. The number of aliphatic hydroxyl groups excluding tert-OH is 1. The van der Waals surface area contributed by atoms with Crippen LogP contribution in [0.3, 0.4) is 0 Å². The summed E-state index contributed by atoms with van der Waals surface area (Å²) in [5.41, 5.74) is 2.25. The van der Waals surface area contributed by atoms with Crippen molar-refractivity contribution in [3.8, 4) is 0 Å². The predicted molar refractivity (Wildman–Crippen MR) is 73.2 cm³/mol. The summed E-state index contributed by atoms with van der Waals surface area (Å²) >= 11 is 3.48. The van der Waals surface area contributed by atoms with E-state index in [1.807, 2.05) is 18.5 Å². The molecule has 102 valence electrons. The third-order valence-electron chi connectivity index (χ3n) is 2.93. The van der Waals surface area contributed by atoms with Crippen molar-refractivity contribution in [2.75, 3.05) is 0 Å². The van der Waals surface area contributed by atoms with Crippen molar-refractivity contribution in [2.24, 2.45) is 0 Å². The van der Waals surface area contributed by atoms with E-state index in [2.05, 4.69) is 26.0 Å². The van der Waals surface area contributed by atoms with E-state index < -0.39 is 11.9 Å². The first-order chi connectivity index (χ1) is 9.02. The van der Waals surface area contributed by atoms with Crippen molar-refractivity contribution in [1.29, 1.82) is 0 Å². The Morgan fingerprint density at radius 3 is 2.79 bits per heavy atom. The number of aryl methyl sites for hydroxylation is 2. The van der Waals surface area contributed by atoms with Gasteiger partial charge in [-0.15, -0.1) is 0 Å². The minimum absolute atomic E-state index is 0.383. The summed E-state index contributed by atoms with van der Waals surface area (Å²) in [6.07, 6.45) is 0.711. The van der Waals surface area contributed by atoms with Crippen molar-refractivity contribution < 1.29 is 9.50 Å². The molecule has 0 aliphatic heterocycles. The molecule has 2 heterocycles. The molecule has 2 aromatic heterocycles. The van der Waals surface area contributed by atoms with Crippen molar-refractivity contribution >= 4 is 15.9 Å². The number of halogens is 2. The fourth-order valence-corrected chi connectivity index (χ4v) is 2.38. The van der Waals surface area contributed by atoms with Crippen LogP contribution >= 0.6 is 15.9 Å². The van der Waals surface area contributed by atoms with Gasteiger partial charge in [-0.3, -0.25) is 9.67 Å². The molecule has 0 saturated carbocycles. The first-order valence-corrected chi connectivity index (χ1v) is 6.83. The fourth-order valence-electron chi connectivity index (χ4n) is 1.94. The summed E-state index contributed by atoms with van der Waals surface area (Å²) < 4.78 is 15.5. The maximum atomic E-state index is 12.8. The van der Waals surface area contributed by atoms with Gasteiger partial charge >= 0.3 is 0 Å². The smallest absolute Gasteiger partial charge is 0.141 e. The molecular weight excluding hydrogens is 313 g/mol. The van der Waals surface area contributed by atoms with Crippen LogP contribution in [-0.2, 0) is 13.0 Å². The van der Waals surface area contributed by atoms with Crippen LogP contribution in [0.5, 0.6) is 0 Å². The van der Waals surface area contributed by atoms with Gasteiger partial charge in [-0.25, -0.2) is 4.39 Å². The highest BCUT2D eigenvalue weighted by atomic mass is 79.9. The second-order valence-electron chi connectivity index (χ2n) is 4.28. The zero-order chi connectivity index (χ0) is 14.0. The van der Waals surface area contributed by atoms with Gasteiger partial charge in [0.25, 0.3) is 0 Å². The summed E-state index contributed by atoms with van der Waals surface area (Å²) in [6.45, 7) is 4.62. The normalized spacial score (nSPS) is 12.7. The van der Waals surface area contributed by atoms with E-state index in [0.29, 0.717) is 12.1 Å². The van der Waals surface area contributed by atoms with Crippen molar-refractivity contribution in [3.05, 3.63) is 45.7 Å². The zero-order valence-corrected chi connectivity index (χ0v) is 12.4. The first kappa shape index (κ1) is 14.1. The van der Waals surface area contributed by atoms with Crippen LogP contribution in [0, 0.1) is 12.7 Å². The molecule has 19 heavy (non-hydrogen) atoms. The highest BCUT2D eigenvalue weighted by Gasteiger charge is 2.18. The third-order valence-corrected chi connectivity index (χ3v) is 3.96. The van der Waals surface area contributed by atoms with Crippen LogP contribution in [0.1, 0.15) is 30.1 Å². The molecule has 1 N–H and O–H groups in total. The lowest BCUT2D eigenvalue weighted by Crippen LogP contribution is -2.10. The minimum atomic E-state index is -0.779. The SMILES string of the molecule is CCn1nc(C)c(Br)c1CC(O)c1ccc(F)cn1. The fraction of sp³-hybridized carbons (Fsp3) is 0.385. The molecule has 2 aromatic rings. The van der Waals surface area contributed by atoms with Crippen molar-refractivity contribution in [1.82, 2.24) is 14.8 Å². The quantitative estimate of drug-likeness (QED) is 0.939. The Morgan fingerprint density at radius 1 is 1.47 bits per heavy atom. The van der Waals surface area contributed by atoms with E-state index in [1.165, 1.54) is 12.1 Å². The van der Waals surface area contributed by atoms with Gasteiger partial charge in [-0.2, -0.15) is 5.10 Å². The van der Waals surface area contributed by atoms with Crippen LogP contribution in [0.2, 0.25) is 0 Å². The van der Waals surface area contributed by atoms with E-state index in [9.17, 15) is 9.50 Å². The average molecular weight is 328 g/mol. The number of nitrogens with zero attached hydrogens (tertiary/aromatic N) is 3. The van der Waals surface area contributed by atoms with Crippen molar-refractivity contribution in [2.45, 2.75) is 32.9 Å². The first-order valence-electron chi connectivity index (χ1n) is 6.04. The van der Waals surface area contributed by atoms with E-state index >= 15 is 0 Å². The maximum absolute atomic E-state index is 12.8. The maximum Gasteiger partial charge on any atom is 0.141 e. The van der Waals surface area contributed by atoms with Gasteiger partial charge < -0.3 is 5.11 Å². The molecule has 1 unspecified atom stereocenters. The topological polar surface area (TPSA) is 50.9 Å². The average Bonchev–Trinajstić information content (AvgIpc) is 2.67. The zero-order valence-electron chi connectivity index (χ0n) is 10.8. The van der Waals surface area contributed by atoms with E-state index in [1.54, 1.807) is 0 Å². The molecule has 6 heteroatoms. The summed E-state index contributed by atoms with van der Waals surface area (Å²) in [6, 6.07) is 2.79. The largest absolute Gasteiger partial charge is 0.386 e. The van der Waals surface area contributed by atoms with Gasteiger partial charge in [0.2, 0.25) is 0 Å². The number of hydrogen-bond donors (Lipinski definition) is 1. The van der Waals surface area contributed by atoms with E-state index in [0.717, 1.165) is 28.6 Å². The summed E-state index contributed by atoms with van der Waals surface area (Å²) in [4.78, 5) is 3.90. The molecule has 2 rings (SSSR count). The molecule has 4 nitrogen and oxygen atoms in total. The second kappa shape index (κ2) is 5.79. The van der Waals surface area contributed by atoms with Gasteiger partial charge in [0.1, 0.15) is 11.9 Å². The van der Waals surface area contributed by atoms with Gasteiger partial charge in [-0.05, 0) is 41.9 Å². The second-order valence-corrected chi connectivity index (χ2v) is 5.08. The monoisotopic (exact) mass is 327 g/mol. The van der Waals surface area contributed by atoms with Gasteiger partial charge in [0, 0.05) is 13.0 Å². The number of hydrogen-bond acceptors (Lipinski definition) is 3. The molecule has 0 aromatic carbocycles. The highest BCUT2D eigenvalue weighted by Crippen LogP contribution is 2.25. The Bertz CT molecular complexity index is 568. The van der Waals surface area contributed by atoms with E-state index in [-0.39, 0.29) is 0 Å². The molecular formula is C13H15BrFN3O. The van der Waals surface area contributed by atoms with Gasteiger partial charge in [0.15, 0.2) is 0 Å². The summed E-state index contributed by atoms with van der Waals surface area (Å²) in [5.74, 6) is -0.411. The Hall–Kier alpha value is -1.27. The molecule has 0 fully saturated rings. The molecule has 0 radical (unpaired) electrons. The lowest BCUT2D eigenvalue weighted by Gasteiger charge is -2.11. The van der Waals surface area contributed by atoms with Crippen LogP contribution in [0.4, 0.5) is 4.39 Å². The van der Waals surface area contributed by atoms with Crippen LogP contribution < -0.4 is 0 Å². The molecule has 0 saturated heterocycles. The number of rotatable bonds is 4. The lowest BCUT2D eigenvalue weighted by molar-refractivity contribution is 0.170. The molecule has 1 atom stereocenters. The molecule has 0 amide bonds. The van der Waals surface area contributed by atoms with Gasteiger partial charge in [-0.1, -0.05) is 0 Å². The molecule has 0 bridgehead atoms. The van der Waals surface area contributed by atoms with Crippen LogP contribution in [-0.4, -0.2) is 19.9 Å². The predicted octanol–water partition coefficient (Wildman–Crippen LogP) is 2.78. The van der Waals surface area contributed by atoms with E-state index in [4.69, 9.17) is 0 Å². The standard InChI is InChI=1S/C13H15BrFN3O/c1-3-18-11(13(14)8(2)17-18)6-12(19)10-5-4-9(15)7-16-10/h4-5,7,12,19H,3,6H2,1-2H3. The Balaban J connectivity index is 2.23.